The monoisotopic (exact) mass is 624 g/mol. The van der Waals surface area contributed by atoms with Crippen LogP contribution in [0.15, 0.2) is 42.5 Å². The van der Waals surface area contributed by atoms with Crippen molar-refractivity contribution >= 4 is 37.0 Å². The third-order valence-electron chi connectivity index (χ3n) is 7.06. The van der Waals surface area contributed by atoms with Gasteiger partial charge in [-0.3, -0.25) is 10.1 Å². The molecule has 7 nitrogen and oxygen atoms in total. The van der Waals surface area contributed by atoms with E-state index in [4.69, 9.17) is 16.6 Å². The maximum Gasteiger partial charge on any atom is 0.416 e. The topological polar surface area (TPSA) is 79.7 Å². The van der Waals surface area contributed by atoms with E-state index < -0.39 is 54.5 Å². The lowest BCUT2D eigenvalue weighted by molar-refractivity contribution is -0.384. The van der Waals surface area contributed by atoms with E-state index in [1.165, 1.54) is 24.3 Å². The van der Waals surface area contributed by atoms with Crippen molar-refractivity contribution in [1.82, 2.24) is 10.2 Å². The Hall–Kier alpha value is -2.75. The first-order valence-electron chi connectivity index (χ1n) is 12.4. The lowest BCUT2D eigenvalue weighted by atomic mass is 9.98. The van der Waals surface area contributed by atoms with Gasteiger partial charge in [0.2, 0.25) is 0 Å². The Bertz CT molecular complexity index is 1200. The smallest absolute Gasteiger partial charge is 0.415 e. The summed E-state index contributed by atoms with van der Waals surface area (Å²) in [6.45, 7) is 10.5. The fraction of sp³-hybridized carbons (Fsp3) is 0.500. The quantitative estimate of drug-likeness (QED) is 0.0978. The maximum atomic E-state index is 13.3. The van der Waals surface area contributed by atoms with Gasteiger partial charge in [-0.05, 0) is 68.2 Å². The summed E-state index contributed by atoms with van der Waals surface area (Å²) >= 11 is 5.33. The van der Waals surface area contributed by atoms with Gasteiger partial charge in [-0.1, -0.05) is 32.9 Å². The van der Waals surface area contributed by atoms with E-state index in [2.05, 4.69) is 44.5 Å². The molecule has 0 radical (unpaired) electrons. The number of benzene rings is 2. The zero-order valence-electron chi connectivity index (χ0n) is 23.7. The van der Waals surface area contributed by atoms with E-state index >= 15 is 0 Å². The summed E-state index contributed by atoms with van der Waals surface area (Å²) in [7, 11) is 1.31. The number of thiocarbonyl (C=S) groups is 1. The molecule has 2 N–H and O–H groups in total. The molecule has 0 unspecified atom stereocenters. The maximum absolute atomic E-state index is 13.3. The van der Waals surface area contributed by atoms with Gasteiger partial charge in [-0.25, -0.2) is 0 Å². The predicted octanol–water partition coefficient (Wildman–Crippen LogP) is 7.61. The van der Waals surface area contributed by atoms with Gasteiger partial charge < -0.3 is 20.0 Å². The number of halogens is 6. The summed E-state index contributed by atoms with van der Waals surface area (Å²) < 4.78 is 86.5. The number of nitrogens with zero attached hydrogens (tertiary/aromatic N) is 2. The summed E-state index contributed by atoms with van der Waals surface area (Å²) in [5, 5.41) is 16.3. The number of nitrogens with one attached hydrogen (secondary N) is 2. The van der Waals surface area contributed by atoms with Gasteiger partial charge in [0.1, 0.15) is 0 Å². The summed E-state index contributed by atoms with van der Waals surface area (Å²) in [6.07, 6.45) is -10.0. The van der Waals surface area contributed by atoms with Crippen molar-refractivity contribution in [3.63, 3.8) is 0 Å². The molecule has 2 aromatic rings. The Morgan fingerprint density at radius 3 is 1.88 bits per heavy atom. The van der Waals surface area contributed by atoms with Gasteiger partial charge in [-0.15, -0.1) is 0 Å². The molecule has 2 atom stereocenters. The summed E-state index contributed by atoms with van der Waals surface area (Å²) in [5.41, 5.74) is -3.10. The highest BCUT2D eigenvalue weighted by Crippen LogP contribution is 2.39. The lowest BCUT2D eigenvalue weighted by Gasteiger charge is -2.40. The van der Waals surface area contributed by atoms with Crippen LogP contribution in [0.4, 0.5) is 37.7 Å². The van der Waals surface area contributed by atoms with Crippen LogP contribution in [-0.2, 0) is 16.8 Å². The molecule has 0 aliphatic heterocycles. The first-order valence-corrected chi connectivity index (χ1v) is 15.8. The van der Waals surface area contributed by atoms with Gasteiger partial charge in [0.05, 0.1) is 34.7 Å². The molecule has 0 heterocycles. The van der Waals surface area contributed by atoms with Crippen LogP contribution in [0.25, 0.3) is 0 Å². The van der Waals surface area contributed by atoms with Crippen LogP contribution >= 0.6 is 12.2 Å². The lowest BCUT2D eigenvalue weighted by Crippen LogP contribution is -2.50. The van der Waals surface area contributed by atoms with Crippen molar-refractivity contribution in [3.05, 3.63) is 69.3 Å². The van der Waals surface area contributed by atoms with E-state index in [9.17, 15) is 36.5 Å². The highest BCUT2D eigenvalue weighted by molar-refractivity contribution is 7.80. The normalized spacial score (nSPS) is 14.5. The molecule has 0 aliphatic rings. The van der Waals surface area contributed by atoms with E-state index in [-0.39, 0.29) is 28.5 Å². The second-order valence-corrected chi connectivity index (χ2v) is 16.5. The van der Waals surface area contributed by atoms with Crippen LogP contribution in [0.1, 0.15) is 43.5 Å². The Morgan fingerprint density at radius 1 is 1.00 bits per heavy atom. The number of alkyl halides is 6. The van der Waals surface area contributed by atoms with Gasteiger partial charge in [-0.2, -0.15) is 26.3 Å². The van der Waals surface area contributed by atoms with Gasteiger partial charge >= 0.3 is 12.4 Å². The van der Waals surface area contributed by atoms with Crippen molar-refractivity contribution in [2.24, 2.45) is 0 Å². The number of hydrogen-bond acceptors (Lipinski definition) is 5. The van der Waals surface area contributed by atoms with E-state index in [1.807, 2.05) is 4.90 Å². The highest BCUT2D eigenvalue weighted by atomic mass is 32.1. The predicted molar refractivity (Wildman–Crippen MR) is 152 cm³/mol. The van der Waals surface area contributed by atoms with Gasteiger partial charge in [0.15, 0.2) is 13.4 Å². The van der Waals surface area contributed by atoms with Gasteiger partial charge in [0, 0.05) is 17.8 Å². The molecule has 2 aromatic carbocycles. The number of nitro groups is 1. The van der Waals surface area contributed by atoms with E-state index in [1.54, 1.807) is 14.1 Å². The van der Waals surface area contributed by atoms with Crippen LogP contribution in [-0.4, -0.2) is 50.0 Å². The minimum absolute atomic E-state index is 0.0294. The number of likely N-dealkylation sites (N-methyl/N-ethyl adjacent to an activating group) is 1. The van der Waals surface area contributed by atoms with Crippen LogP contribution in [0.5, 0.6) is 0 Å². The Labute approximate surface area is 241 Å². The minimum Gasteiger partial charge on any atom is -0.415 e. The Kier molecular flexibility index (Phi) is 10.6. The van der Waals surface area contributed by atoms with Crippen molar-refractivity contribution in [1.29, 1.82) is 0 Å². The molecule has 15 heteroatoms. The van der Waals surface area contributed by atoms with E-state index in [0.29, 0.717) is 17.7 Å². The average Bonchev–Trinajstić information content (AvgIpc) is 2.81. The highest BCUT2D eigenvalue weighted by Gasteiger charge is 2.39. The third-order valence-corrected chi connectivity index (χ3v) is 11.8. The molecule has 41 heavy (non-hydrogen) atoms. The molecule has 0 amide bonds. The molecule has 0 bridgehead atoms. The fourth-order valence-corrected chi connectivity index (χ4v) is 4.86. The van der Waals surface area contributed by atoms with Crippen LogP contribution in [0.2, 0.25) is 18.1 Å². The standard InChI is InChI=1S/C26H34F6N4O3SSi/c1-24(2,3)41(6,7)39-15-21(35(4)5)22(16-8-10-20(11-9-16)36(37)38)34-23(40)33-19-13-17(25(27,28)29)12-18(14-19)26(30,31)32/h8-14,21-22H,15H2,1-7H3,(H2,33,34,40)/t21-,22+/m0/s1. The van der Waals surface area contributed by atoms with Crippen molar-refractivity contribution in [3.8, 4) is 0 Å². The molecular weight excluding hydrogens is 590 g/mol. The second kappa shape index (κ2) is 12.6. The van der Waals surface area contributed by atoms with Crippen LogP contribution in [0, 0.1) is 10.1 Å². The fourth-order valence-electron chi connectivity index (χ4n) is 3.59. The van der Waals surface area contributed by atoms with Crippen LogP contribution in [0.3, 0.4) is 0 Å². The molecule has 0 aliphatic carbocycles. The molecule has 2 rings (SSSR count). The summed E-state index contributed by atoms with van der Waals surface area (Å²) in [4.78, 5) is 12.5. The molecule has 228 valence electrons. The van der Waals surface area contributed by atoms with Crippen molar-refractivity contribution < 1.29 is 35.7 Å². The number of anilines is 1. The minimum atomic E-state index is -5.02. The summed E-state index contributed by atoms with van der Waals surface area (Å²) in [5.74, 6) is 0. The molecular formula is C26H34F6N4O3SSi. The largest absolute Gasteiger partial charge is 0.416 e. The van der Waals surface area contributed by atoms with Crippen molar-refractivity contribution in [2.45, 2.75) is 63.3 Å². The SMILES string of the molecule is CN(C)[C@@H](CO[Si](C)(C)C(C)(C)C)[C@H](NC(=S)Nc1cc(C(F)(F)F)cc(C(F)(F)F)c1)c1ccc([N+](=O)[O-])cc1. The number of non-ortho nitro benzene ring substituents is 1. The van der Waals surface area contributed by atoms with Crippen LogP contribution < -0.4 is 10.6 Å². The zero-order valence-corrected chi connectivity index (χ0v) is 25.5. The number of hydrogen-bond donors (Lipinski definition) is 2. The Morgan fingerprint density at radius 2 is 1.49 bits per heavy atom. The molecule has 0 saturated carbocycles. The summed E-state index contributed by atoms with van der Waals surface area (Å²) in [6, 6.07) is 5.54. The average molecular weight is 625 g/mol. The molecule has 0 fully saturated rings. The van der Waals surface area contributed by atoms with Crippen molar-refractivity contribution in [2.75, 3.05) is 26.0 Å². The number of nitro benzene ring substituents is 1. The van der Waals surface area contributed by atoms with Gasteiger partial charge in [0.25, 0.3) is 5.69 Å². The first-order chi connectivity index (χ1) is 18.5. The Balaban J connectivity index is 2.47. The number of rotatable bonds is 9. The first kappa shape index (κ1) is 34.4. The van der Waals surface area contributed by atoms with E-state index in [0.717, 1.165) is 0 Å². The zero-order chi connectivity index (χ0) is 31.6. The molecule has 0 aromatic heterocycles. The molecule has 0 saturated heterocycles. The third kappa shape index (κ3) is 9.38. The second-order valence-electron chi connectivity index (χ2n) is 11.3. The molecule has 0 spiro atoms.